The Hall–Kier alpha value is -2.55. The number of rotatable bonds is 4. The van der Waals surface area contributed by atoms with E-state index in [0.717, 1.165) is 11.5 Å². The topological polar surface area (TPSA) is 29.9 Å². The number of aromatic nitrogens is 2. The largest absolute Gasteiger partial charge is 0.365 e. The van der Waals surface area contributed by atoms with E-state index in [9.17, 15) is 0 Å². The normalized spacial score (nSPS) is 11.8. The Morgan fingerprint density at radius 3 is 1.76 bits per heavy atom. The van der Waals surface area contributed by atoms with Gasteiger partial charge in [-0.2, -0.15) is 5.10 Å². The first-order valence-electron chi connectivity index (χ1n) is 8.80. The van der Waals surface area contributed by atoms with Crippen LogP contribution in [0.15, 0.2) is 60.7 Å². The SMILES string of the molecule is Cc1nn(C(c2ccccc2)c2ccccc2)c(NC(C)(C)C)c1C. The molecule has 0 atom stereocenters. The molecule has 25 heavy (non-hydrogen) atoms. The maximum absolute atomic E-state index is 4.90. The summed E-state index contributed by atoms with van der Waals surface area (Å²) in [5.41, 5.74) is 4.68. The fraction of sp³-hybridized carbons (Fsp3) is 0.318. The maximum Gasteiger partial charge on any atom is 0.129 e. The van der Waals surface area contributed by atoms with E-state index in [1.54, 1.807) is 0 Å². The molecule has 0 aliphatic rings. The summed E-state index contributed by atoms with van der Waals surface area (Å²) in [4.78, 5) is 0. The minimum absolute atomic E-state index is 0.0348. The van der Waals surface area contributed by atoms with Gasteiger partial charge in [-0.25, -0.2) is 4.68 Å². The molecule has 1 N–H and O–H groups in total. The lowest BCUT2D eigenvalue weighted by Crippen LogP contribution is -2.29. The fourth-order valence-electron chi connectivity index (χ4n) is 3.07. The standard InChI is InChI=1S/C22H27N3/c1-16-17(2)24-25(21(16)23-22(3,4)5)20(18-12-8-6-9-13-18)19-14-10-7-11-15-19/h6-15,20,23H,1-5H3. The van der Waals surface area contributed by atoms with Crippen LogP contribution in [-0.2, 0) is 0 Å². The summed E-state index contributed by atoms with van der Waals surface area (Å²) in [5.74, 6) is 1.09. The van der Waals surface area contributed by atoms with Crippen LogP contribution in [0.4, 0.5) is 5.82 Å². The van der Waals surface area contributed by atoms with Crippen molar-refractivity contribution in [2.45, 2.75) is 46.2 Å². The third kappa shape index (κ3) is 3.76. The molecule has 3 aromatic rings. The van der Waals surface area contributed by atoms with Gasteiger partial charge < -0.3 is 5.32 Å². The summed E-state index contributed by atoms with van der Waals surface area (Å²) in [6, 6.07) is 21.2. The first-order chi connectivity index (χ1) is 11.9. The number of hydrogen-bond acceptors (Lipinski definition) is 2. The monoisotopic (exact) mass is 333 g/mol. The molecule has 0 amide bonds. The van der Waals surface area contributed by atoms with Crippen molar-refractivity contribution in [3.05, 3.63) is 83.0 Å². The molecular formula is C22H27N3. The second-order valence-corrected chi connectivity index (χ2v) is 7.60. The van der Waals surface area contributed by atoms with Crippen molar-refractivity contribution in [1.29, 1.82) is 0 Å². The van der Waals surface area contributed by atoms with Crippen molar-refractivity contribution in [2.75, 3.05) is 5.32 Å². The predicted molar refractivity (Wildman–Crippen MR) is 105 cm³/mol. The van der Waals surface area contributed by atoms with Crippen molar-refractivity contribution < 1.29 is 0 Å². The van der Waals surface area contributed by atoms with Crippen LogP contribution in [0.25, 0.3) is 0 Å². The smallest absolute Gasteiger partial charge is 0.129 e. The lowest BCUT2D eigenvalue weighted by Gasteiger charge is -2.27. The minimum Gasteiger partial charge on any atom is -0.365 e. The molecule has 3 nitrogen and oxygen atoms in total. The molecule has 0 saturated carbocycles. The third-order valence-corrected chi connectivity index (χ3v) is 4.35. The summed E-state index contributed by atoms with van der Waals surface area (Å²) in [7, 11) is 0. The van der Waals surface area contributed by atoms with Crippen LogP contribution in [0, 0.1) is 13.8 Å². The zero-order valence-corrected chi connectivity index (χ0v) is 15.7. The van der Waals surface area contributed by atoms with Gasteiger partial charge in [0.2, 0.25) is 0 Å². The summed E-state index contributed by atoms with van der Waals surface area (Å²) in [5, 5.41) is 8.56. The molecule has 2 aromatic carbocycles. The Bertz CT molecular complexity index is 787. The minimum atomic E-state index is -0.0348. The molecule has 1 aromatic heterocycles. The number of anilines is 1. The van der Waals surface area contributed by atoms with Crippen molar-refractivity contribution >= 4 is 5.82 Å². The van der Waals surface area contributed by atoms with Gasteiger partial charge in [0.25, 0.3) is 0 Å². The van der Waals surface area contributed by atoms with E-state index in [2.05, 4.69) is 105 Å². The van der Waals surface area contributed by atoms with Gasteiger partial charge in [0.15, 0.2) is 0 Å². The Labute approximate surface area is 150 Å². The molecule has 1 heterocycles. The average molecular weight is 333 g/mol. The molecule has 0 aliphatic carbocycles. The van der Waals surface area contributed by atoms with Crippen LogP contribution in [0.5, 0.6) is 0 Å². The number of hydrogen-bond donors (Lipinski definition) is 1. The molecular weight excluding hydrogens is 306 g/mol. The highest BCUT2D eigenvalue weighted by Crippen LogP contribution is 2.33. The van der Waals surface area contributed by atoms with Crippen LogP contribution in [0.3, 0.4) is 0 Å². The van der Waals surface area contributed by atoms with Crippen molar-refractivity contribution in [1.82, 2.24) is 9.78 Å². The van der Waals surface area contributed by atoms with Crippen LogP contribution in [0.1, 0.15) is 49.2 Å². The first-order valence-corrected chi connectivity index (χ1v) is 8.80. The van der Waals surface area contributed by atoms with Crippen LogP contribution in [0.2, 0.25) is 0 Å². The second kappa shape index (κ2) is 6.75. The molecule has 3 heteroatoms. The molecule has 130 valence electrons. The Morgan fingerprint density at radius 1 is 0.840 bits per heavy atom. The molecule has 0 bridgehead atoms. The lowest BCUT2D eigenvalue weighted by molar-refractivity contribution is 0.567. The van der Waals surface area contributed by atoms with Gasteiger partial charge in [0, 0.05) is 11.1 Å². The molecule has 0 unspecified atom stereocenters. The van der Waals surface area contributed by atoms with E-state index in [0.29, 0.717) is 0 Å². The number of aryl methyl sites for hydroxylation is 1. The highest BCUT2D eigenvalue weighted by atomic mass is 15.4. The van der Waals surface area contributed by atoms with E-state index in [1.165, 1.54) is 16.7 Å². The molecule has 0 radical (unpaired) electrons. The van der Waals surface area contributed by atoms with Gasteiger partial charge in [-0.1, -0.05) is 60.7 Å². The maximum atomic E-state index is 4.90. The highest BCUT2D eigenvalue weighted by Gasteiger charge is 2.24. The summed E-state index contributed by atoms with van der Waals surface area (Å²) in [6.07, 6.45) is 0. The van der Waals surface area contributed by atoms with E-state index in [-0.39, 0.29) is 11.6 Å². The zero-order chi connectivity index (χ0) is 18.0. The lowest BCUT2D eigenvalue weighted by atomic mass is 9.98. The Kier molecular flexibility index (Phi) is 4.67. The zero-order valence-electron chi connectivity index (χ0n) is 15.7. The number of nitrogens with zero attached hydrogens (tertiary/aromatic N) is 2. The Morgan fingerprint density at radius 2 is 1.32 bits per heavy atom. The second-order valence-electron chi connectivity index (χ2n) is 7.60. The predicted octanol–water partition coefficient (Wildman–Crippen LogP) is 5.35. The van der Waals surface area contributed by atoms with Gasteiger partial charge in [-0.3, -0.25) is 0 Å². The van der Waals surface area contributed by atoms with Gasteiger partial charge in [0.1, 0.15) is 11.9 Å². The summed E-state index contributed by atoms with van der Waals surface area (Å²) in [6.45, 7) is 10.8. The third-order valence-electron chi connectivity index (χ3n) is 4.35. The van der Waals surface area contributed by atoms with E-state index < -0.39 is 0 Å². The Balaban J connectivity index is 2.20. The van der Waals surface area contributed by atoms with Gasteiger partial charge >= 0.3 is 0 Å². The summed E-state index contributed by atoms with van der Waals surface area (Å²) < 4.78 is 2.14. The molecule has 3 rings (SSSR count). The van der Waals surface area contributed by atoms with Crippen molar-refractivity contribution in [3.8, 4) is 0 Å². The quantitative estimate of drug-likeness (QED) is 0.697. The highest BCUT2D eigenvalue weighted by molar-refractivity contribution is 5.51. The molecule has 0 aliphatic heterocycles. The number of nitrogens with one attached hydrogen (secondary N) is 1. The van der Waals surface area contributed by atoms with E-state index >= 15 is 0 Å². The van der Waals surface area contributed by atoms with Gasteiger partial charge in [0.05, 0.1) is 5.69 Å². The van der Waals surface area contributed by atoms with Crippen LogP contribution >= 0.6 is 0 Å². The summed E-state index contributed by atoms with van der Waals surface area (Å²) >= 11 is 0. The fourth-order valence-corrected chi connectivity index (χ4v) is 3.07. The first kappa shape index (κ1) is 17.3. The van der Waals surface area contributed by atoms with Crippen LogP contribution < -0.4 is 5.32 Å². The van der Waals surface area contributed by atoms with E-state index in [1.807, 2.05) is 0 Å². The molecule has 0 fully saturated rings. The number of benzene rings is 2. The molecule has 0 spiro atoms. The van der Waals surface area contributed by atoms with Crippen LogP contribution in [-0.4, -0.2) is 15.3 Å². The van der Waals surface area contributed by atoms with Gasteiger partial charge in [-0.05, 0) is 45.7 Å². The van der Waals surface area contributed by atoms with Gasteiger partial charge in [-0.15, -0.1) is 0 Å². The average Bonchev–Trinajstić information content (AvgIpc) is 2.84. The van der Waals surface area contributed by atoms with Crippen molar-refractivity contribution in [3.63, 3.8) is 0 Å². The van der Waals surface area contributed by atoms with Crippen molar-refractivity contribution in [2.24, 2.45) is 0 Å². The molecule has 0 saturated heterocycles. The van der Waals surface area contributed by atoms with E-state index in [4.69, 9.17) is 5.10 Å².